The van der Waals surface area contributed by atoms with E-state index in [-0.39, 0.29) is 5.91 Å². The second-order valence-electron chi connectivity index (χ2n) is 4.74. The van der Waals surface area contributed by atoms with Gasteiger partial charge in [-0.15, -0.1) is 0 Å². The SMILES string of the molecule is CN(Cc1ccccc1)C(=O)CCNCc1ccco1. The number of amides is 1. The van der Waals surface area contributed by atoms with Gasteiger partial charge in [0.1, 0.15) is 5.76 Å². The van der Waals surface area contributed by atoms with Gasteiger partial charge in [0.15, 0.2) is 0 Å². The van der Waals surface area contributed by atoms with Gasteiger partial charge in [0.05, 0.1) is 12.8 Å². The Labute approximate surface area is 119 Å². The summed E-state index contributed by atoms with van der Waals surface area (Å²) in [5.41, 5.74) is 1.15. The van der Waals surface area contributed by atoms with Crippen molar-refractivity contribution in [1.29, 1.82) is 0 Å². The van der Waals surface area contributed by atoms with Gasteiger partial charge in [0.25, 0.3) is 0 Å². The highest BCUT2D eigenvalue weighted by atomic mass is 16.3. The Morgan fingerprint density at radius 1 is 1.20 bits per heavy atom. The molecule has 0 aliphatic rings. The Morgan fingerprint density at radius 2 is 2.00 bits per heavy atom. The van der Waals surface area contributed by atoms with E-state index in [9.17, 15) is 4.79 Å². The van der Waals surface area contributed by atoms with Gasteiger partial charge in [-0.2, -0.15) is 0 Å². The smallest absolute Gasteiger partial charge is 0.223 e. The van der Waals surface area contributed by atoms with Crippen molar-refractivity contribution in [3.8, 4) is 0 Å². The average Bonchev–Trinajstić information content (AvgIpc) is 2.97. The molecule has 20 heavy (non-hydrogen) atoms. The van der Waals surface area contributed by atoms with Crippen molar-refractivity contribution in [2.24, 2.45) is 0 Å². The molecule has 2 rings (SSSR count). The number of carbonyl (C=O) groups excluding carboxylic acids is 1. The summed E-state index contributed by atoms with van der Waals surface area (Å²) in [6, 6.07) is 13.8. The third-order valence-electron chi connectivity index (χ3n) is 3.08. The summed E-state index contributed by atoms with van der Waals surface area (Å²) in [6.07, 6.45) is 2.14. The molecule has 0 saturated heterocycles. The van der Waals surface area contributed by atoms with E-state index < -0.39 is 0 Å². The van der Waals surface area contributed by atoms with Crippen LogP contribution >= 0.6 is 0 Å². The fourth-order valence-electron chi connectivity index (χ4n) is 1.96. The van der Waals surface area contributed by atoms with Crippen molar-refractivity contribution < 1.29 is 9.21 Å². The summed E-state index contributed by atoms with van der Waals surface area (Å²) in [7, 11) is 1.84. The molecule has 1 N–H and O–H groups in total. The summed E-state index contributed by atoms with van der Waals surface area (Å²) in [4.78, 5) is 13.7. The van der Waals surface area contributed by atoms with Crippen LogP contribution in [-0.4, -0.2) is 24.4 Å². The van der Waals surface area contributed by atoms with E-state index in [0.29, 0.717) is 26.1 Å². The van der Waals surface area contributed by atoms with E-state index in [0.717, 1.165) is 11.3 Å². The molecule has 0 radical (unpaired) electrons. The highest BCUT2D eigenvalue weighted by molar-refractivity contribution is 5.76. The third kappa shape index (κ3) is 4.55. The first kappa shape index (κ1) is 14.3. The van der Waals surface area contributed by atoms with Crippen LogP contribution in [0.15, 0.2) is 53.1 Å². The van der Waals surface area contributed by atoms with Crippen molar-refractivity contribution in [3.05, 3.63) is 60.1 Å². The number of furan rings is 1. The first-order chi connectivity index (χ1) is 9.75. The molecule has 0 bridgehead atoms. The zero-order valence-corrected chi connectivity index (χ0v) is 11.7. The summed E-state index contributed by atoms with van der Waals surface area (Å²) in [6.45, 7) is 1.96. The number of nitrogens with one attached hydrogen (secondary N) is 1. The van der Waals surface area contributed by atoms with Crippen LogP contribution in [0.5, 0.6) is 0 Å². The first-order valence-electron chi connectivity index (χ1n) is 6.76. The molecule has 0 atom stereocenters. The normalized spacial score (nSPS) is 10.4. The minimum atomic E-state index is 0.140. The number of hydrogen-bond donors (Lipinski definition) is 1. The number of nitrogens with zero attached hydrogens (tertiary/aromatic N) is 1. The molecule has 0 saturated carbocycles. The fourth-order valence-corrected chi connectivity index (χ4v) is 1.96. The predicted octanol–water partition coefficient (Wildman–Crippen LogP) is 2.42. The lowest BCUT2D eigenvalue weighted by Gasteiger charge is -2.17. The van der Waals surface area contributed by atoms with Crippen LogP contribution in [0.1, 0.15) is 17.7 Å². The minimum Gasteiger partial charge on any atom is -0.468 e. The predicted molar refractivity (Wildman–Crippen MR) is 77.9 cm³/mol. The maximum absolute atomic E-state index is 12.0. The van der Waals surface area contributed by atoms with Crippen LogP contribution in [0, 0.1) is 0 Å². The highest BCUT2D eigenvalue weighted by Crippen LogP contribution is 2.04. The van der Waals surface area contributed by atoms with E-state index >= 15 is 0 Å². The van der Waals surface area contributed by atoms with E-state index in [1.807, 2.05) is 49.5 Å². The Hall–Kier alpha value is -2.07. The van der Waals surface area contributed by atoms with E-state index in [2.05, 4.69) is 5.32 Å². The van der Waals surface area contributed by atoms with Crippen molar-refractivity contribution in [2.75, 3.05) is 13.6 Å². The van der Waals surface area contributed by atoms with Crippen molar-refractivity contribution >= 4 is 5.91 Å². The fraction of sp³-hybridized carbons (Fsp3) is 0.312. The van der Waals surface area contributed by atoms with Gasteiger partial charge in [0.2, 0.25) is 5.91 Å². The Kier molecular flexibility index (Phi) is 5.38. The van der Waals surface area contributed by atoms with Crippen LogP contribution in [0.25, 0.3) is 0 Å². The zero-order valence-electron chi connectivity index (χ0n) is 11.7. The minimum absolute atomic E-state index is 0.140. The topological polar surface area (TPSA) is 45.5 Å². The van der Waals surface area contributed by atoms with Gasteiger partial charge in [-0.25, -0.2) is 0 Å². The van der Waals surface area contributed by atoms with Gasteiger partial charge < -0.3 is 14.6 Å². The largest absolute Gasteiger partial charge is 0.468 e. The van der Waals surface area contributed by atoms with Crippen LogP contribution < -0.4 is 5.32 Å². The van der Waals surface area contributed by atoms with Gasteiger partial charge in [-0.1, -0.05) is 30.3 Å². The molecule has 0 aliphatic heterocycles. The van der Waals surface area contributed by atoms with Crippen LogP contribution in [0.3, 0.4) is 0 Å². The van der Waals surface area contributed by atoms with Crippen molar-refractivity contribution in [3.63, 3.8) is 0 Å². The van der Waals surface area contributed by atoms with E-state index in [1.54, 1.807) is 11.2 Å². The molecule has 4 heteroatoms. The molecule has 2 aromatic rings. The number of carbonyl (C=O) groups is 1. The third-order valence-corrected chi connectivity index (χ3v) is 3.08. The second kappa shape index (κ2) is 7.50. The standard InChI is InChI=1S/C16H20N2O2/c1-18(13-14-6-3-2-4-7-14)16(19)9-10-17-12-15-8-5-11-20-15/h2-8,11,17H,9-10,12-13H2,1H3. The molecular weight excluding hydrogens is 252 g/mol. The lowest BCUT2D eigenvalue weighted by Crippen LogP contribution is -2.29. The second-order valence-corrected chi connectivity index (χ2v) is 4.74. The van der Waals surface area contributed by atoms with Crippen molar-refractivity contribution in [2.45, 2.75) is 19.5 Å². The monoisotopic (exact) mass is 272 g/mol. The van der Waals surface area contributed by atoms with E-state index in [4.69, 9.17) is 4.42 Å². The summed E-state index contributed by atoms with van der Waals surface area (Å²) >= 11 is 0. The van der Waals surface area contributed by atoms with Gasteiger partial charge in [-0.3, -0.25) is 4.79 Å². The Morgan fingerprint density at radius 3 is 2.70 bits per heavy atom. The van der Waals surface area contributed by atoms with Crippen molar-refractivity contribution in [1.82, 2.24) is 10.2 Å². The molecule has 1 amide bonds. The molecule has 1 aromatic carbocycles. The summed E-state index contributed by atoms with van der Waals surface area (Å²) < 4.78 is 5.21. The number of rotatable bonds is 7. The molecule has 0 unspecified atom stereocenters. The molecule has 1 aromatic heterocycles. The van der Waals surface area contributed by atoms with E-state index in [1.165, 1.54) is 0 Å². The first-order valence-corrected chi connectivity index (χ1v) is 6.76. The maximum Gasteiger partial charge on any atom is 0.223 e. The van der Waals surface area contributed by atoms with Crippen LogP contribution in [-0.2, 0) is 17.9 Å². The molecule has 0 fully saturated rings. The molecule has 1 heterocycles. The maximum atomic E-state index is 12.0. The highest BCUT2D eigenvalue weighted by Gasteiger charge is 2.08. The lowest BCUT2D eigenvalue weighted by molar-refractivity contribution is -0.130. The molecule has 0 spiro atoms. The Bertz CT molecular complexity index is 509. The van der Waals surface area contributed by atoms with Gasteiger partial charge in [-0.05, 0) is 17.7 Å². The van der Waals surface area contributed by atoms with Crippen LogP contribution in [0.4, 0.5) is 0 Å². The van der Waals surface area contributed by atoms with Gasteiger partial charge in [0, 0.05) is 26.6 Å². The van der Waals surface area contributed by atoms with Gasteiger partial charge >= 0.3 is 0 Å². The molecule has 4 nitrogen and oxygen atoms in total. The number of hydrogen-bond acceptors (Lipinski definition) is 3. The quantitative estimate of drug-likeness (QED) is 0.787. The van der Waals surface area contributed by atoms with Crippen LogP contribution in [0.2, 0.25) is 0 Å². The Balaban J connectivity index is 1.66. The average molecular weight is 272 g/mol. The molecule has 0 aliphatic carbocycles. The number of benzene rings is 1. The lowest BCUT2D eigenvalue weighted by atomic mass is 10.2. The molecular formula is C16H20N2O2. The summed E-state index contributed by atoms with van der Waals surface area (Å²) in [5, 5.41) is 3.20. The molecule has 106 valence electrons. The summed E-state index contributed by atoms with van der Waals surface area (Å²) in [5.74, 6) is 1.02. The zero-order chi connectivity index (χ0) is 14.2.